The van der Waals surface area contributed by atoms with Crippen molar-refractivity contribution in [2.45, 2.75) is 18.8 Å². The van der Waals surface area contributed by atoms with Gasteiger partial charge >= 0.3 is 0 Å². The van der Waals surface area contributed by atoms with Crippen molar-refractivity contribution < 1.29 is 28.6 Å². The highest BCUT2D eigenvalue weighted by atomic mass is 16.5. The number of hydrogen-bond acceptors (Lipinski definition) is 6. The molecule has 0 unspecified atom stereocenters. The molecule has 174 valence electrons. The highest BCUT2D eigenvalue weighted by Gasteiger charge is 2.68. The number of amides is 1. The molecule has 9 heteroatoms. The van der Waals surface area contributed by atoms with Crippen LogP contribution in [0.25, 0.3) is 10.9 Å². The van der Waals surface area contributed by atoms with Gasteiger partial charge in [0.2, 0.25) is 11.5 Å². The average molecular weight is 461 g/mol. The topological polar surface area (TPSA) is 114 Å². The molecule has 2 fully saturated rings. The highest BCUT2D eigenvalue weighted by Crippen LogP contribution is 2.67. The van der Waals surface area contributed by atoms with Gasteiger partial charge in [-0.3, -0.25) is 14.4 Å². The van der Waals surface area contributed by atoms with Crippen LogP contribution in [0.2, 0.25) is 0 Å². The maximum absolute atomic E-state index is 13.7. The first-order valence-corrected chi connectivity index (χ1v) is 11.0. The number of aromatic amines is 2. The second-order valence-corrected chi connectivity index (χ2v) is 9.01. The Bertz CT molecular complexity index is 1460. The first-order valence-electron chi connectivity index (χ1n) is 11.0. The summed E-state index contributed by atoms with van der Waals surface area (Å²) in [5, 5.41) is 0.734. The minimum atomic E-state index is -0.462. The van der Waals surface area contributed by atoms with Gasteiger partial charge in [0.05, 0.1) is 32.5 Å². The zero-order valence-electron chi connectivity index (χ0n) is 19.2. The number of carbonyl (C=O) groups is 3. The zero-order chi connectivity index (χ0) is 23.9. The molecule has 9 nitrogen and oxygen atoms in total. The number of nitrogens with one attached hydrogen (secondary N) is 2. The van der Waals surface area contributed by atoms with Gasteiger partial charge < -0.3 is 29.1 Å². The molecule has 2 atom stereocenters. The lowest BCUT2D eigenvalue weighted by atomic mass is 9.83. The number of aromatic nitrogens is 2. The van der Waals surface area contributed by atoms with Crippen molar-refractivity contribution in [3.05, 3.63) is 52.1 Å². The van der Waals surface area contributed by atoms with E-state index in [1.807, 2.05) is 0 Å². The quantitative estimate of drug-likeness (QED) is 0.565. The number of ketones is 1. The number of fused-ring (bicyclic) bond motifs is 2. The Balaban J connectivity index is 1.44. The van der Waals surface area contributed by atoms with Crippen molar-refractivity contribution in [3.8, 4) is 17.2 Å². The molecule has 6 rings (SSSR count). The summed E-state index contributed by atoms with van der Waals surface area (Å²) in [6, 6.07) is 3.52. The molecule has 2 N–H and O–H groups in total. The molecule has 0 radical (unpaired) electrons. The summed E-state index contributed by atoms with van der Waals surface area (Å²) in [4.78, 5) is 46.4. The Morgan fingerprint density at radius 3 is 2.59 bits per heavy atom. The summed E-state index contributed by atoms with van der Waals surface area (Å²) >= 11 is 0. The summed E-state index contributed by atoms with van der Waals surface area (Å²) < 4.78 is 16.4. The van der Waals surface area contributed by atoms with Crippen molar-refractivity contribution in [1.29, 1.82) is 0 Å². The molecule has 1 aliphatic heterocycles. The maximum Gasteiger partial charge on any atom is 0.274 e. The van der Waals surface area contributed by atoms with E-state index in [9.17, 15) is 14.4 Å². The number of rotatable bonds is 5. The zero-order valence-corrected chi connectivity index (χ0v) is 19.2. The van der Waals surface area contributed by atoms with Crippen LogP contribution in [0.15, 0.2) is 23.9 Å². The first-order chi connectivity index (χ1) is 16.4. The maximum atomic E-state index is 13.7. The third kappa shape index (κ3) is 2.36. The number of aldehydes is 1. The second-order valence-electron chi connectivity index (χ2n) is 9.01. The predicted molar refractivity (Wildman–Crippen MR) is 122 cm³/mol. The van der Waals surface area contributed by atoms with Gasteiger partial charge in [0.15, 0.2) is 17.8 Å². The van der Waals surface area contributed by atoms with Crippen LogP contribution < -0.4 is 14.2 Å². The van der Waals surface area contributed by atoms with Crippen LogP contribution in [0.3, 0.4) is 0 Å². The molecule has 1 saturated heterocycles. The van der Waals surface area contributed by atoms with Crippen molar-refractivity contribution in [2.75, 3.05) is 27.9 Å². The molecule has 1 aromatic carbocycles. The number of benzene rings is 1. The molecule has 2 aromatic heterocycles. The number of likely N-dealkylation sites (tertiary alicyclic amines) is 1. The van der Waals surface area contributed by atoms with Gasteiger partial charge in [-0.2, -0.15) is 0 Å². The van der Waals surface area contributed by atoms with Crippen LogP contribution in [0.1, 0.15) is 49.0 Å². The Morgan fingerprint density at radius 2 is 1.91 bits per heavy atom. The fourth-order valence-corrected chi connectivity index (χ4v) is 5.89. The predicted octanol–water partition coefficient (Wildman–Crippen LogP) is 3.14. The molecule has 3 aromatic rings. The number of allylic oxidation sites excluding steroid dienone is 2. The molecule has 3 aliphatic rings. The van der Waals surface area contributed by atoms with E-state index >= 15 is 0 Å². The molecule has 0 bridgehead atoms. The molecule has 3 heterocycles. The fraction of sp³-hybridized carbons (Fsp3) is 0.320. The third-order valence-corrected chi connectivity index (χ3v) is 7.47. The SMILES string of the molecule is COc1cc2cc(C(=O)N3C[C@H]4C[C@@]45C3=CC(=O)c3[nH]c(C)c(C=O)c35)[nH]c2c(OC)c1OC. The van der Waals surface area contributed by atoms with Crippen LogP contribution in [-0.2, 0) is 5.41 Å². The summed E-state index contributed by atoms with van der Waals surface area (Å²) in [5.41, 5.74) is 3.60. The lowest BCUT2D eigenvalue weighted by molar-refractivity contribution is 0.0806. The minimum absolute atomic E-state index is 0.169. The molecule has 1 saturated carbocycles. The molecule has 34 heavy (non-hydrogen) atoms. The number of aryl methyl sites for hydroxylation is 1. The Kier molecular flexibility index (Phi) is 4.09. The summed E-state index contributed by atoms with van der Waals surface area (Å²) in [6.45, 7) is 2.28. The number of ether oxygens (including phenoxy) is 3. The van der Waals surface area contributed by atoms with Crippen molar-refractivity contribution >= 4 is 28.9 Å². The Labute approximate surface area is 194 Å². The largest absolute Gasteiger partial charge is 0.493 e. The highest BCUT2D eigenvalue weighted by molar-refractivity contribution is 6.11. The third-order valence-electron chi connectivity index (χ3n) is 7.47. The molecule has 2 aliphatic carbocycles. The van der Waals surface area contributed by atoms with Crippen LogP contribution >= 0.6 is 0 Å². The van der Waals surface area contributed by atoms with Gasteiger partial charge in [0.25, 0.3) is 5.91 Å². The number of hydrogen-bond donors (Lipinski definition) is 2. The van der Waals surface area contributed by atoms with Crippen molar-refractivity contribution in [1.82, 2.24) is 14.9 Å². The van der Waals surface area contributed by atoms with E-state index < -0.39 is 5.41 Å². The fourth-order valence-electron chi connectivity index (χ4n) is 5.89. The van der Waals surface area contributed by atoms with Crippen LogP contribution in [0, 0.1) is 12.8 Å². The van der Waals surface area contributed by atoms with E-state index in [1.54, 1.807) is 30.0 Å². The van der Waals surface area contributed by atoms with E-state index in [0.717, 1.165) is 23.7 Å². The number of H-pyrrole nitrogens is 2. The lowest BCUT2D eigenvalue weighted by Gasteiger charge is -2.28. The number of piperidine rings is 1. The average Bonchev–Trinajstić information content (AvgIpc) is 3.12. The minimum Gasteiger partial charge on any atom is -0.493 e. The first kappa shape index (κ1) is 20.6. The van der Waals surface area contributed by atoms with E-state index in [4.69, 9.17) is 14.2 Å². The molecule has 1 amide bonds. The van der Waals surface area contributed by atoms with Gasteiger partial charge in [-0.15, -0.1) is 0 Å². The summed E-state index contributed by atoms with van der Waals surface area (Å²) in [5.74, 6) is 1.06. The molecule has 1 spiro atoms. The van der Waals surface area contributed by atoms with Gasteiger partial charge in [0, 0.05) is 45.9 Å². The van der Waals surface area contributed by atoms with Gasteiger partial charge in [-0.25, -0.2) is 0 Å². The van der Waals surface area contributed by atoms with E-state index in [0.29, 0.717) is 57.7 Å². The van der Waals surface area contributed by atoms with Crippen LogP contribution in [0.4, 0.5) is 0 Å². The normalized spacial score (nSPS) is 22.1. The van der Waals surface area contributed by atoms with E-state index in [2.05, 4.69) is 9.97 Å². The second kappa shape index (κ2) is 6.75. The van der Waals surface area contributed by atoms with Crippen molar-refractivity contribution in [2.24, 2.45) is 5.92 Å². The number of nitrogens with zero attached hydrogens (tertiary/aromatic N) is 1. The number of carbonyl (C=O) groups excluding carboxylic acids is 3. The van der Waals surface area contributed by atoms with Crippen LogP contribution in [-0.4, -0.2) is 60.7 Å². The van der Waals surface area contributed by atoms with Crippen LogP contribution in [0.5, 0.6) is 17.2 Å². The summed E-state index contributed by atoms with van der Waals surface area (Å²) in [7, 11) is 4.58. The smallest absolute Gasteiger partial charge is 0.274 e. The lowest BCUT2D eigenvalue weighted by Crippen LogP contribution is -2.34. The Morgan fingerprint density at radius 1 is 1.15 bits per heavy atom. The standard InChI is InChI=1S/C25H23N3O6/c1-11-14(10-29)19-21(26-11)16(30)7-18-25(19)8-13(25)9-28(18)24(31)15-5-12-6-17(32-2)22(33-3)23(34-4)20(12)27-15/h5-7,10,13,26-27H,8-9H2,1-4H3/t13-,25+/m1/s1. The van der Waals surface area contributed by atoms with Crippen molar-refractivity contribution in [3.63, 3.8) is 0 Å². The molecular weight excluding hydrogens is 438 g/mol. The molecular formula is C25H23N3O6. The van der Waals surface area contributed by atoms with E-state index in [-0.39, 0.29) is 17.6 Å². The van der Waals surface area contributed by atoms with Gasteiger partial charge in [-0.1, -0.05) is 0 Å². The van der Waals surface area contributed by atoms with E-state index in [1.165, 1.54) is 21.3 Å². The van der Waals surface area contributed by atoms with Gasteiger partial charge in [0.1, 0.15) is 5.69 Å². The summed E-state index contributed by atoms with van der Waals surface area (Å²) in [6.07, 6.45) is 3.17. The monoisotopic (exact) mass is 461 g/mol. The van der Waals surface area contributed by atoms with Gasteiger partial charge in [-0.05, 0) is 31.4 Å². The number of methoxy groups -OCH3 is 3. The Hall–Kier alpha value is -4.01.